The summed E-state index contributed by atoms with van der Waals surface area (Å²) < 4.78 is 0. The molecule has 0 aromatic heterocycles. The van der Waals surface area contributed by atoms with E-state index in [4.69, 9.17) is 0 Å². The van der Waals surface area contributed by atoms with Gasteiger partial charge in [-0.05, 0) is 35.7 Å². The zero-order valence-corrected chi connectivity index (χ0v) is 11.4. The summed E-state index contributed by atoms with van der Waals surface area (Å²) in [6.07, 6.45) is 2.20. The van der Waals surface area contributed by atoms with Gasteiger partial charge >= 0.3 is 5.97 Å². The third-order valence-corrected chi connectivity index (χ3v) is 3.52. The Hall–Kier alpha value is -2.40. The molecular weight excluding hydrogens is 268 g/mol. The van der Waals surface area contributed by atoms with E-state index in [9.17, 15) is 14.7 Å². The molecule has 0 spiro atoms. The molecule has 1 aliphatic carbocycles. The number of carbonyl (C=O) groups is 2. The van der Waals surface area contributed by atoms with Crippen LogP contribution in [0.25, 0.3) is 10.8 Å². The molecule has 0 bridgehead atoms. The number of nitrogens with one attached hydrogen (secondary N) is 2. The van der Waals surface area contributed by atoms with Crippen molar-refractivity contribution in [2.24, 2.45) is 0 Å². The summed E-state index contributed by atoms with van der Waals surface area (Å²) >= 11 is 0. The maximum atomic E-state index is 11.9. The minimum atomic E-state index is -1.05. The zero-order valence-electron chi connectivity index (χ0n) is 11.4. The SMILES string of the molecule is O=C(CNC1CC1)Nc1cc2ccccc2cc1C(=O)O. The highest BCUT2D eigenvalue weighted by molar-refractivity contribution is 6.05. The first-order valence-electron chi connectivity index (χ1n) is 6.93. The molecule has 0 unspecified atom stereocenters. The van der Waals surface area contributed by atoms with Gasteiger partial charge in [0.2, 0.25) is 5.91 Å². The van der Waals surface area contributed by atoms with Gasteiger partial charge < -0.3 is 15.7 Å². The predicted octanol–water partition coefficient (Wildman–Crippen LogP) is 2.23. The summed E-state index contributed by atoms with van der Waals surface area (Å²) in [5.41, 5.74) is 0.442. The first-order chi connectivity index (χ1) is 10.1. The van der Waals surface area contributed by atoms with Crippen LogP contribution < -0.4 is 10.6 Å². The van der Waals surface area contributed by atoms with E-state index in [1.807, 2.05) is 24.3 Å². The molecule has 1 saturated carbocycles. The highest BCUT2D eigenvalue weighted by Gasteiger charge is 2.21. The van der Waals surface area contributed by atoms with Gasteiger partial charge in [0, 0.05) is 6.04 Å². The lowest BCUT2D eigenvalue weighted by molar-refractivity contribution is -0.115. The van der Waals surface area contributed by atoms with Crippen molar-refractivity contribution >= 4 is 28.3 Å². The van der Waals surface area contributed by atoms with Crippen LogP contribution in [0.5, 0.6) is 0 Å². The topological polar surface area (TPSA) is 78.4 Å². The van der Waals surface area contributed by atoms with Crippen molar-refractivity contribution in [1.29, 1.82) is 0 Å². The lowest BCUT2D eigenvalue weighted by Gasteiger charge is -2.10. The molecule has 108 valence electrons. The molecule has 0 radical (unpaired) electrons. The molecule has 5 nitrogen and oxygen atoms in total. The Morgan fingerprint density at radius 1 is 1.14 bits per heavy atom. The van der Waals surface area contributed by atoms with E-state index in [-0.39, 0.29) is 18.0 Å². The third-order valence-electron chi connectivity index (χ3n) is 3.52. The van der Waals surface area contributed by atoms with Gasteiger partial charge in [0.25, 0.3) is 0 Å². The van der Waals surface area contributed by atoms with Crippen LogP contribution in [0.1, 0.15) is 23.2 Å². The largest absolute Gasteiger partial charge is 0.478 e. The minimum Gasteiger partial charge on any atom is -0.478 e. The van der Waals surface area contributed by atoms with E-state index < -0.39 is 5.97 Å². The van der Waals surface area contributed by atoms with Gasteiger partial charge in [0.15, 0.2) is 0 Å². The van der Waals surface area contributed by atoms with Crippen molar-refractivity contribution in [3.05, 3.63) is 42.0 Å². The lowest BCUT2D eigenvalue weighted by Crippen LogP contribution is -2.30. The number of carboxylic acids is 1. The van der Waals surface area contributed by atoms with E-state index in [2.05, 4.69) is 10.6 Å². The first kappa shape index (κ1) is 13.6. The van der Waals surface area contributed by atoms with Gasteiger partial charge in [-0.25, -0.2) is 4.79 Å². The Labute approximate surface area is 122 Å². The fraction of sp³-hybridized carbons (Fsp3) is 0.250. The third kappa shape index (κ3) is 3.20. The first-order valence-corrected chi connectivity index (χ1v) is 6.93. The Morgan fingerprint density at radius 2 is 1.81 bits per heavy atom. The summed E-state index contributed by atoms with van der Waals surface area (Å²) in [7, 11) is 0. The molecule has 1 fully saturated rings. The average molecular weight is 284 g/mol. The molecule has 2 aromatic rings. The monoisotopic (exact) mass is 284 g/mol. The highest BCUT2D eigenvalue weighted by Crippen LogP contribution is 2.24. The number of benzene rings is 2. The molecule has 0 heterocycles. The number of amides is 1. The standard InChI is InChI=1S/C16H16N2O3/c19-15(9-17-12-5-6-12)18-14-8-11-4-2-1-3-10(11)7-13(14)16(20)21/h1-4,7-8,12,17H,5-6,9H2,(H,18,19)(H,20,21). The number of aromatic carboxylic acids is 1. The average Bonchev–Trinajstić information content (AvgIpc) is 3.28. The van der Waals surface area contributed by atoms with E-state index in [0.29, 0.717) is 11.7 Å². The fourth-order valence-electron chi connectivity index (χ4n) is 2.24. The Balaban J connectivity index is 1.85. The zero-order chi connectivity index (χ0) is 14.8. The molecule has 1 amide bonds. The summed E-state index contributed by atoms with van der Waals surface area (Å²) in [6.45, 7) is 0.205. The molecule has 3 rings (SSSR count). The molecular formula is C16H16N2O3. The number of carbonyl (C=O) groups excluding carboxylic acids is 1. The van der Waals surface area contributed by atoms with Crippen molar-refractivity contribution in [3.8, 4) is 0 Å². The van der Waals surface area contributed by atoms with E-state index in [1.54, 1.807) is 12.1 Å². The Bertz CT molecular complexity index is 708. The summed E-state index contributed by atoms with van der Waals surface area (Å²) in [4.78, 5) is 23.2. The maximum absolute atomic E-state index is 11.9. The van der Waals surface area contributed by atoms with E-state index >= 15 is 0 Å². The number of hydrogen-bond donors (Lipinski definition) is 3. The van der Waals surface area contributed by atoms with Crippen LogP contribution in [0.4, 0.5) is 5.69 Å². The molecule has 5 heteroatoms. The molecule has 0 saturated heterocycles. The number of carboxylic acid groups (broad SMARTS) is 1. The number of anilines is 1. The smallest absolute Gasteiger partial charge is 0.337 e. The maximum Gasteiger partial charge on any atom is 0.337 e. The highest BCUT2D eigenvalue weighted by atomic mass is 16.4. The van der Waals surface area contributed by atoms with Gasteiger partial charge in [-0.3, -0.25) is 4.79 Å². The van der Waals surface area contributed by atoms with Crippen LogP contribution >= 0.6 is 0 Å². The van der Waals surface area contributed by atoms with Gasteiger partial charge in [-0.15, -0.1) is 0 Å². The molecule has 1 aliphatic rings. The summed E-state index contributed by atoms with van der Waals surface area (Å²) in [5, 5.41) is 16.8. The van der Waals surface area contributed by atoms with Gasteiger partial charge in [-0.2, -0.15) is 0 Å². The summed E-state index contributed by atoms with van der Waals surface area (Å²) in [5.74, 6) is -1.27. The second-order valence-electron chi connectivity index (χ2n) is 5.25. The van der Waals surface area contributed by atoms with E-state index in [1.165, 1.54) is 0 Å². The minimum absolute atomic E-state index is 0.105. The van der Waals surface area contributed by atoms with Gasteiger partial charge in [0.05, 0.1) is 17.8 Å². The van der Waals surface area contributed by atoms with Crippen molar-refractivity contribution in [2.75, 3.05) is 11.9 Å². The normalized spacial score (nSPS) is 14.1. The molecule has 0 aliphatic heterocycles. The fourth-order valence-corrected chi connectivity index (χ4v) is 2.24. The number of hydrogen-bond acceptors (Lipinski definition) is 3. The molecule has 0 atom stereocenters. The second kappa shape index (κ2) is 5.54. The molecule has 21 heavy (non-hydrogen) atoms. The lowest BCUT2D eigenvalue weighted by atomic mass is 10.0. The number of fused-ring (bicyclic) bond motifs is 1. The van der Waals surface area contributed by atoms with Crippen molar-refractivity contribution < 1.29 is 14.7 Å². The Kier molecular flexibility index (Phi) is 3.58. The van der Waals surface area contributed by atoms with Crippen LogP contribution in [0.15, 0.2) is 36.4 Å². The quantitative estimate of drug-likeness (QED) is 0.786. The van der Waals surface area contributed by atoms with Crippen LogP contribution in [0, 0.1) is 0 Å². The van der Waals surface area contributed by atoms with Crippen molar-refractivity contribution in [3.63, 3.8) is 0 Å². The second-order valence-corrected chi connectivity index (χ2v) is 5.25. The molecule has 3 N–H and O–H groups in total. The van der Waals surface area contributed by atoms with Crippen LogP contribution in [0.2, 0.25) is 0 Å². The Morgan fingerprint density at radius 3 is 2.43 bits per heavy atom. The molecule has 2 aromatic carbocycles. The van der Waals surface area contributed by atoms with Crippen molar-refractivity contribution in [1.82, 2.24) is 5.32 Å². The van der Waals surface area contributed by atoms with Gasteiger partial charge in [0.1, 0.15) is 0 Å². The van der Waals surface area contributed by atoms with Crippen LogP contribution in [-0.4, -0.2) is 29.6 Å². The van der Waals surface area contributed by atoms with Gasteiger partial charge in [-0.1, -0.05) is 24.3 Å². The van der Waals surface area contributed by atoms with Crippen molar-refractivity contribution in [2.45, 2.75) is 18.9 Å². The van der Waals surface area contributed by atoms with E-state index in [0.717, 1.165) is 23.6 Å². The summed E-state index contributed by atoms with van der Waals surface area (Å²) in [6, 6.07) is 11.2. The van der Waals surface area contributed by atoms with Crippen LogP contribution in [-0.2, 0) is 4.79 Å². The predicted molar refractivity (Wildman–Crippen MR) is 80.6 cm³/mol. The van der Waals surface area contributed by atoms with Crippen LogP contribution in [0.3, 0.4) is 0 Å². The number of rotatable bonds is 5.